The van der Waals surface area contributed by atoms with Gasteiger partial charge in [-0.2, -0.15) is 0 Å². The van der Waals surface area contributed by atoms with Crippen LogP contribution in [-0.2, 0) is 4.79 Å². The Morgan fingerprint density at radius 3 is 2.29 bits per heavy atom. The number of amides is 1. The molecule has 0 saturated carbocycles. The van der Waals surface area contributed by atoms with E-state index < -0.39 is 5.54 Å². The van der Waals surface area contributed by atoms with E-state index in [-0.39, 0.29) is 12.5 Å². The van der Waals surface area contributed by atoms with Crippen LogP contribution in [0, 0.1) is 5.92 Å². The van der Waals surface area contributed by atoms with Crippen LogP contribution in [0.4, 0.5) is 0 Å². The summed E-state index contributed by atoms with van der Waals surface area (Å²) in [6.45, 7) is 6.76. The third-order valence-corrected chi connectivity index (χ3v) is 3.50. The topological polar surface area (TPSA) is 75.3 Å². The summed E-state index contributed by atoms with van der Waals surface area (Å²) in [7, 11) is 0. The summed E-state index contributed by atoms with van der Waals surface area (Å²) >= 11 is 0. The Bertz CT molecular complexity index is 209. The molecule has 1 unspecified atom stereocenters. The van der Waals surface area contributed by atoms with Gasteiger partial charge in [0, 0.05) is 13.2 Å². The van der Waals surface area contributed by atoms with Crippen LogP contribution in [0.5, 0.6) is 0 Å². The Morgan fingerprint density at radius 2 is 1.88 bits per heavy atom. The van der Waals surface area contributed by atoms with Crippen molar-refractivity contribution < 1.29 is 9.90 Å². The normalized spacial score (nSPS) is 13.5. The number of hydrogen-bond acceptors (Lipinski definition) is 3. The third-order valence-electron chi connectivity index (χ3n) is 3.50. The molecule has 0 aliphatic carbocycles. The van der Waals surface area contributed by atoms with Crippen LogP contribution >= 0.6 is 0 Å². The van der Waals surface area contributed by atoms with Gasteiger partial charge in [-0.25, -0.2) is 0 Å². The van der Waals surface area contributed by atoms with Gasteiger partial charge in [-0.1, -0.05) is 27.2 Å². The van der Waals surface area contributed by atoms with Gasteiger partial charge in [-0.15, -0.1) is 0 Å². The maximum atomic E-state index is 11.9. The first-order valence-electron chi connectivity index (χ1n) is 6.72. The number of aliphatic hydroxyl groups excluding tert-OH is 1. The maximum Gasteiger partial charge on any atom is 0.240 e. The molecule has 4 N–H and O–H groups in total. The van der Waals surface area contributed by atoms with E-state index in [1.807, 2.05) is 13.8 Å². The van der Waals surface area contributed by atoms with Gasteiger partial charge in [0.05, 0.1) is 5.54 Å². The Kier molecular flexibility index (Phi) is 8.17. The SMILES string of the molecule is CCCC(CCO)CNC(=O)C(N)(CC)CC. The van der Waals surface area contributed by atoms with Gasteiger partial charge < -0.3 is 16.2 Å². The van der Waals surface area contributed by atoms with Crippen molar-refractivity contribution in [1.29, 1.82) is 0 Å². The van der Waals surface area contributed by atoms with Crippen molar-refractivity contribution in [2.45, 2.75) is 58.4 Å². The highest BCUT2D eigenvalue weighted by atomic mass is 16.3. The van der Waals surface area contributed by atoms with Gasteiger partial charge >= 0.3 is 0 Å². The van der Waals surface area contributed by atoms with Gasteiger partial charge in [-0.05, 0) is 31.6 Å². The lowest BCUT2D eigenvalue weighted by molar-refractivity contribution is -0.126. The first-order chi connectivity index (χ1) is 8.03. The van der Waals surface area contributed by atoms with Gasteiger partial charge in [0.1, 0.15) is 0 Å². The highest BCUT2D eigenvalue weighted by Crippen LogP contribution is 2.13. The quantitative estimate of drug-likeness (QED) is 0.574. The second-order valence-corrected chi connectivity index (χ2v) is 4.74. The average Bonchev–Trinajstić information content (AvgIpc) is 2.35. The van der Waals surface area contributed by atoms with Crippen molar-refractivity contribution >= 4 is 5.91 Å². The van der Waals surface area contributed by atoms with Crippen LogP contribution in [0.25, 0.3) is 0 Å². The molecule has 1 amide bonds. The first kappa shape index (κ1) is 16.4. The predicted molar refractivity (Wildman–Crippen MR) is 70.6 cm³/mol. The Balaban J connectivity index is 4.19. The Morgan fingerprint density at radius 1 is 1.29 bits per heavy atom. The van der Waals surface area contributed by atoms with E-state index in [9.17, 15) is 4.79 Å². The summed E-state index contributed by atoms with van der Waals surface area (Å²) in [4.78, 5) is 11.9. The van der Waals surface area contributed by atoms with E-state index in [4.69, 9.17) is 10.8 Å². The van der Waals surface area contributed by atoms with E-state index in [1.54, 1.807) is 0 Å². The lowest BCUT2D eigenvalue weighted by Gasteiger charge is -2.26. The Hall–Kier alpha value is -0.610. The minimum atomic E-state index is -0.740. The molecular formula is C13H28N2O2. The molecule has 4 heteroatoms. The molecule has 4 nitrogen and oxygen atoms in total. The average molecular weight is 244 g/mol. The number of nitrogens with one attached hydrogen (secondary N) is 1. The summed E-state index contributed by atoms with van der Waals surface area (Å²) in [6.07, 6.45) is 4.12. The van der Waals surface area contributed by atoms with E-state index in [0.717, 1.165) is 19.3 Å². The lowest BCUT2D eigenvalue weighted by atomic mass is 9.92. The molecule has 0 aromatic carbocycles. The molecular weight excluding hydrogens is 216 g/mol. The van der Waals surface area contributed by atoms with Crippen molar-refractivity contribution in [1.82, 2.24) is 5.32 Å². The highest BCUT2D eigenvalue weighted by molar-refractivity contribution is 5.85. The van der Waals surface area contributed by atoms with Crippen molar-refractivity contribution in [2.24, 2.45) is 11.7 Å². The van der Waals surface area contributed by atoms with Crippen LogP contribution in [0.15, 0.2) is 0 Å². The fourth-order valence-corrected chi connectivity index (χ4v) is 1.92. The number of rotatable bonds is 9. The molecule has 102 valence electrons. The number of carbonyl (C=O) groups excluding carboxylic acids is 1. The zero-order valence-corrected chi connectivity index (χ0v) is 11.5. The molecule has 0 radical (unpaired) electrons. The molecule has 0 saturated heterocycles. The number of nitrogens with two attached hydrogens (primary N) is 1. The fraction of sp³-hybridized carbons (Fsp3) is 0.923. The lowest BCUT2D eigenvalue weighted by Crippen LogP contribution is -2.53. The molecule has 0 spiro atoms. The molecule has 0 aromatic heterocycles. The predicted octanol–water partition coefficient (Wildman–Crippen LogP) is 1.42. The van der Waals surface area contributed by atoms with E-state index in [1.165, 1.54) is 0 Å². The molecule has 0 fully saturated rings. The number of carbonyl (C=O) groups is 1. The van der Waals surface area contributed by atoms with E-state index in [2.05, 4.69) is 12.2 Å². The summed E-state index contributed by atoms with van der Waals surface area (Å²) in [6, 6.07) is 0. The number of hydrogen-bond donors (Lipinski definition) is 3. The summed E-state index contributed by atoms with van der Waals surface area (Å²) < 4.78 is 0. The minimum absolute atomic E-state index is 0.0680. The van der Waals surface area contributed by atoms with Crippen LogP contribution in [0.2, 0.25) is 0 Å². The molecule has 0 heterocycles. The summed E-state index contributed by atoms with van der Waals surface area (Å²) in [5.74, 6) is 0.286. The van der Waals surface area contributed by atoms with Crippen molar-refractivity contribution in [3.63, 3.8) is 0 Å². The zero-order chi connectivity index (χ0) is 13.3. The van der Waals surface area contributed by atoms with Gasteiger partial charge in [0.2, 0.25) is 5.91 Å². The second-order valence-electron chi connectivity index (χ2n) is 4.74. The monoisotopic (exact) mass is 244 g/mol. The smallest absolute Gasteiger partial charge is 0.240 e. The standard InChI is InChI=1S/C13H28N2O2/c1-4-7-11(8-9-16)10-15-12(17)13(14,5-2)6-3/h11,16H,4-10,14H2,1-3H3,(H,15,17). The molecule has 0 aliphatic rings. The molecule has 1 atom stereocenters. The maximum absolute atomic E-state index is 11.9. The number of aliphatic hydroxyl groups is 1. The molecule has 17 heavy (non-hydrogen) atoms. The molecule has 0 aromatic rings. The highest BCUT2D eigenvalue weighted by Gasteiger charge is 2.29. The van der Waals surface area contributed by atoms with Crippen LogP contribution < -0.4 is 11.1 Å². The van der Waals surface area contributed by atoms with Gasteiger partial charge in [0.15, 0.2) is 0 Å². The zero-order valence-electron chi connectivity index (χ0n) is 11.5. The van der Waals surface area contributed by atoms with Gasteiger partial charge in [-0.3, -0.25) is 4.79 Å². The van der Waals surface area contributed by atoms with Crippen LogP contribution in [0.1, 0.15) is 52.9 Å². The second kappa shape index (κ2) is 8.48. The molecule has 0 aliphatic heterocycles. The van der Waals surface area contributed by atoms with Crippen molar-refractivity contribution in [3.8, 4) is 0 Å². The summed E-state index contributed by atoms with van der Waals surface area (Å²) in [5, 5.41) is 11.9. The fourth-order valence-electron chi connectivity index (χ4n) is 1.92. The minimum Gasteiger partial charge on any atom is -0.396 e. The largest absolute Gasteiger partial charge is 0.396 e. The molecule has 0 bridgehead atoms. The van der Waals surface area contributed by atoms with Crippen LogP contribution in [-0.4, -0.2) is 29.7 Å². The Labute approximate surface area is 105 Å². The third kappa shape index (κ3) is 5.50. The van der Waals surface area contributed by atoms with Crippen molar-refractivity contribution in [2.75, 3.05) is 13.2 Å². The van der Waals surface area contributed by atoms with Crippen molar-refractivity contribution in [3.05, 3.63) is 0 Å². The first-order valence-corrected chi connectivity index (χ1v) is 6.72. The van der Waals surface area contributed by atoms with E-state index >= 15 is 0 Å². The van der Waals surface area contributed by atoms with Gasteiger partial charge in [0.25, 0.3) is 0 Å². The van der Waals surface area contributed by atoms with E-state index in [0.29, 0.717) is 25.3 Å². The van der Waals surface area contributed by atoms with Crippen LogP contribution in [0.3, 0.4) is 0 Å². The summed E-state index contributed by atoms with van der Waals surface area (Å²) in [5.41, 5.74) is 5.27. The molecule has 0 rings (SSSR count).